The zero-order valence-electron chi connectivity index (χ0n) is 16.7. The molecule has 1 aliphatic heterocycles. The summed E-state index contributed by atoms with van der Waals surface area (Å²) in [7, 11) is -3.85. The van der Waals surface area contributed by atoms with E-state index in [1.165, 1.54) is 36.4 Å². The largest absolute Gasteiger partial charge is 0.450 e. The summed E-state index contributed by atoms with van der Waals surface area (Å²) in [6.45, 7) is 2.07. The average Bonchev–Trinajstić information content (AvgIpc) is 2.74. The summed E-state index contributed by atoms with van der Waals surface area (Å²) in [5.41, 5.74) is 0.523. The summed E-state index contributed by atoms with van der Waals surface area (Å²) >= 11 is 0. The highest BCUT2D eigenvalue weighted by Gasteiger charge is 2.29. The monoisotopic (exact) mass is 447 g/mol. The number of benzene rings is 2. The van der Waals surface area contributed by atoms with Gasteiger partial charge in [-0.05, 0) is 43.3 Å². The molecule has 0 aliphatic carbocycles. The predicted octanol–water partition coefficient (Wildman–Crippen LogP) is 1.59. The Hall–Kier alpha value is -3.44. The van der Waals surface area contributed by atoms with Crippen LogP contribution in [0.25, 0.3) is 0 Å². The van der Waals surface area contributed by atoms with Crippen molar-refractivity contribution in [1.29, 1.82) is 0 Å². The Morgan fingerprint density at radius 1 is 1.16 bits per heavy atom. The molecule has 0 unspecified atom stereocenters. The maximum atomic E-state index is 12.7. The quantitative estimate of drug-likeness (QED) is 0.508. The molecule has 2 aromatic carbocycles. The number of nitrogens with zero attached hydrogens (tertiary/aromatic N) is 1. The van der Waals surface area contributed by atoms with Gasteiger partial charge in [-0.15, -0.1) is 0 Å². The van der Waals surface area contributed by atoms with E-state index in [0.717, 1.165) is 4.31 Å². The number of hydrogen-bond acceptors (Lipinski definition) is 7. The van der Waals surface area contributed by atoms with Crippen molar-refractivity contribution in [2.24, 2.45) is 0 Å². The lowest BCUT2D eigenvalue weighted by atomic mass is 10.2. The third-order valence-corrected chi connectivity index (χ3v) is 6.16. The van der Waals surface area contributed by atoms with Crippen molar-refractivity contribution >= 4 is 33.7 Å². The lowest BCUT2D eigenvalue weighted by Crippen LogP contribution is -2.49. The highest BCUT2D eigenvalue weighted by atomic mass is 32.2. The molecule has 2 aromatic rings. The van der Waals surface area contributed by atoms with Gasteiger partial charge in [0.25, 0.3) is 0 Å². The van der Waals surface area contributed by atoms with Crippen molar-refractivity contribution in [1.82, 2.24) is 9.62 Å². The summed E-state index contributed by atoms with van der Waals surface area (Å²) in [4.78, 5) is 35.4. The number of sulfonamides is 1. The maximum absolute atomic E-state index is 12.7. The molecule has 31 heavy (non-hydrogen) atoms. The number of nitrogens with one attached hydrogen (secondary N) is 2. The lowest BCUT2D eigenvalue weighted by molar-refractivity contribution is -0.122. The van der Waals surface area contributed by atoms with E-state index in [2.05, 4.69) is 10.6 Å². The van der Waals surface area contributed by atoms with Gasteiger partial charge in [-0.3, -0.25) is 10.1 Å². The molecule has 10 nitrogen and oxygen atoms in total. The zero-order chi connectivity index (χ0) is 22.4. The number of anilines is 1. The van der Waals surface area contributed by atoms with E-state index in [0.29, 0.717) is 5.69 Å². The third-order valence-electron chi connectivity index (χ3n) is 4.30. The van der Waals surface area contributed by atoms with E-state index >= 15 is 0 Å². The molecule has 0 spiro atoms. The van der Waals surface area contributed by atoms with Gasteiger partial charge in [0.15, 0.2) is 0 Å². The fourth-order valence-electron chi connectivity index (χ4n) is 2.82. The molecule has 2 amide bonds. The molecule has 3 rings (SSSR count). The Bertz CT molecular complexity index is 1080. The molecule has 1 fully saturated rings. The molecule has 1 saturated heterocycles. The summed E-state index contributed by atoms with van der Waals surface area (Å²) in [6, 6.07) is 11.4. The van der Waals surface area contributed by atoms with Crippen molar-refractivity contribution in [3.63, 3.8) is 0 Å². The summed E-state index contributed by atoms with van der Waals surface area (Å²) < 4.78 is 36.5. The lowest BCUT2D eigenvalue weighted by Gasteiger charge is -2.25. The fourth-order valence-corrected chi connectivity index (χ4v) is 4.22. The average molecular weight is 447 g/mol. The van der Waals surface area contributed by atoms with Gasteiger partial charge in [-0.2, -0.15) is 4.31 Å². The van der Waals surface area contributed by atoms with Crippen molar-refractivity contribution in [3.8, 4) is 5.75 Å². The fraction of sp³-hybridized carbons (Fsp3) is 0.250. The van der Waals surface area contributed by atoms with Gasteiger partial charge in [0, 0.05) is 24.8 Å². The molecule has 0 bridgehead atoms. The molecule has 2 N–H and O–H groups in total. The molecule has 0 atom stereocenters. The molecular formula is C20H21N3O7S. The Morgan fingerprint density at radius 3 is 2.58 bits per heavy atom. The van der Waals surface area contributed by atoms with E-state index < -0.39 is 22.1 Å². The molecule has 0 radical (unpaired) electrons. The van der Waals surface area contributed by atoms with E-state index in [1.54, 1.807) is 19.1 Å². The van der Waals surface area contributed by atoms with Gasteiger partial charge < -0.3 is 14.8 Å². The second kappa shape index (κ2) is 9.58. The molecular weight excluding hydrogens is 426 g/mol. The number of amides is 2. The van der Waals surface area contributed by atoms with Gasteiger partial charge in [-0.25, -0.2) is 18.0 Å². The minimum atomic E-state index is -3.85. The number of ether oxygens (including phenoxy) is 2. The smallest absolute Gasteiger partial charge is 0.411 e. The van der Waals surface area contributed by atoms with E-state index in [9.17, 15) is 22.8 Å². The predicted molar refractivity (Wildman–Crippen MR) is 110 cm³/mol. The number of hydrogen-bond donors (Lipinski definition) is 2. The SMILES string of the molecule is CCOC(=O)Nc1cccc(OC(=O)c2ccc(S(=O)(=O)N3CCNC(=O)C3)cc2)c1. The van der Waals surface area contributed by atoms with Crippen LogP contribution in [-0.4, -0.2) is 56.9 Å². The minimum Gasteiger partial charge on any atom is -0.450 e. The number of carbonyl (C=O) groups is 3. The third kappa shape index (κ3) is 5.58. The summed E-state index contributed by atoms with van der Waals surface area (Å²) in [5.74, 6) is -0.875. The normalized spacial score (nSPS) is 14.4. The molecule has 0 saturated carbocycles. The topological polar surface area (TPSA) is 131 Å². The Labute approximate surface area is 179 Å². The minimum absolute atomic E-state index is 0.0283. The van der Waals surface area contributed by atoms with Crippen LogP contribution >= 0.6 is 0 Å². The van der Waals surface area contributed by atoms with Crippen LogP contribution < -0.4 is 15.4 Å². The molecule has 1 aliphatic rings. The standard InChI is InChI=1S/C20H21N3O7S/c1-2-29-20(26)22-15-4-3-5-16(12-15)30-19(25)14-6-8-17(9-7-14)31(27,28)23-11-10-21-18(24)13-23/h3-9,12H,2,10-11,13H2,1H3,(H,21,24)(H,22,26). The number of rotatable bonds is 6. The van der Waals surface area contributed by atoms with E-state index in [1.807, 2.05) is 0 Å². The van der Waals surface area contributed by atoms with Crippen molar-refractivity contribution < 1.29 is 32.3 Å². The van der Waals surface area contributed by atoms with Crippen LogP contribution in [0.5, 0.6) is 5.75 Å². The highest BCUT2D eigenvalue weighted by molar-refractivity contribution is 7.89. The molecule has 0 aromatic heterocycles. The van der Waals surface area contributed by atoms with Crippen LogP contribution in [0, 0.1) is 0 Å². The first-order valence-corrected chi connectivity index (χ1v) is 10.9. The summed E-state index contributed by atoms with van der Waals surface area (Å²) in [5, 5.41) is 5.07. The zero-order valence-corrected chi connectivity index (χ0v) is 17.5. The number of carbonyl (C=O) groups excluding carboxylic acids is 3. The van der Waals surface area contributed by atoms with Crippen LogP contribution in [0.3, 0.4) is 0 Å². The first-order valence-electron chi connectivity index (χ1n) is 9.42. The van der Waals surface area contributed by atoms with Gasteiger partial charge in [0.05, 0.1) is 23.6 Å². The number of piperazine rings is 1. The van der Waals surface area contributed by atoms with Crippen LogP contribution in [0.15, 0.2) is 53.4 Å². The van der Waals surface area contributed by atoms with Crippen molar-refractivity contribution in [3.05, 3.63) is 54.1 Å². The second-order valence-electron chi connectivity index (χ2n) is 6.48. The van der Waals surface area contributed by atoms with Gasteiger partial charge in [0.1, 0.15) is 5.75 Å². The molecule has 164 valence electrons. The number of esters is 1. The van der Waals surface area contributed by atoms with Crippen LogP contribution in [0.4, 0.5) is 10.5 Å². The van der Waals surface area contributed by atoms with Crippen LogP contribution in [0.1, 0.15) is 17.3 Å². The van der Waals surface area contributed by atoms with Crippen molar-refractivity contribution in [2.45, 2.75) is 11.8 Å². The Morgan fingerprint density at radius 2 is 1.90 bits per heavy atom. The molecule has 1 heterocycles. The van der Waals surface area contributed by atoms with E-state index in [4.69, 9.17) is 9.47 Å². The van der Waals surface area contributed by atoms with Gasteiger partial charge in [0.2, 0.25) is 15.9 Å². The van der Waals surface area contributed by atoms with Gasteiger partial charge >= 0.3 is 12.1 Å². The van der Waals surface area contributed by atoms with Crippen LogP contribution in [-0.2, 0) is 19.6 Å². The maximum Gasteiger partial charge on any atom is 0.411 e. The van der Waals surface area contributed by atoms with Crippen LogP contribution in [0.2, 0.25) is 0 Å². The first-order chi connectivity index (χ1) is 14.8. The summed E-state index contributed by atoms with van der Waals surface area (Å²) in [6.07, 6.45) is -0.631. The molecule has 11 heteroatoms. The Kier molecular flexibility index (Phi) is 6.88. The highest BCUT2D eigenvalue weighted by Crippen LogP contribution is 2.21. The Balaban J connectivity index is 1.68. The van der Waals surface area contributed by atoms with E-state index in [-0.39, 0.29) is 48.4 Å². The van der Waals surface area contributed by atoms with Gasteiger partial charge in [-0.1, -0.05) is 6.07 Å². The van der Waals surface area contributed by atoms with Crippen molar-refractivity contribution in [2.75, 3.05) is 31.6 Å². The first kappa shape index (κ1) is 22.2. The second-order valence-corrected chi connectivity index (χ2v) is 8.41.